The molecule has 35 heavy (non-hydrogen) atoms. The standard InChI is InChI=1S/C24H22B2N4O5/c1-25(33)19-8-10-21(11-9-19)28-27-14-18-15-30(22-12-4-17(5-13-22)24(31)32)29-23(18)16-2-6-20(7-3-16)26(34)35/h2-15,28,33-35H,1H3,(H,31,32)/b27-14+. The summed E-state index contributed by atoms with van der Waals surface area (Å²) in [5.41, 5.74) is 7.70. The maximum absolute atomic E-state index is 11.2. The van der Waals surface area contributed by atoms with E-state index in [1.54, 1.807) is 60.3 Å². The smallest absolute Gasteiger partial charge is 0.478 e. The fourth-order valence-electron chi connectivity index (χ4n) is 3.42. The van der Waals surface area contributed by atoms with Crippen molar-refractivity contribution in [1.29, 1.82) is 0 Å². The van der Waals surface area contributed by atoms with Crippen LogP contribution >= 0.6 is 0 Å². The van der Waals surface area contributed by atoms with Gasteiger partial charge in [-0.05, 0) is 47.3 Å². The van der Waals surface area contributed by atoms with E-state index in [9.17, 15) is 19.9 Å². The zero-order valence-corrected chi connectivity index (χ0v) is 18.8. The first-order valence-electron chi connectivity index (χ1n) is 10.8. The molecule has 0 unspecified atom stereocenters. The number of anilines is 1. The van der Waals surface area contributed by atoms with Crippen LogP contribution < -0.4 is 16.4 Å². The summed E-state index contributed by atoms with van der Waals surface area (Å²) in [7, 11) is -1.57. The van der Waals surface area contributed by atoms with Crippen LogP contribution in [0.3, 0.4) is 0 Å². The largest absolute Gasteiger partial charge is 0.488 e. The van der Waals surface area contributed by atoms with Gasteiger partial charge in [-0.3, -0.25) is 5.43 Å². The molecule has 0 saturated carbocycles. The molecule has 0 atom stereocenters. The Bertz CT molecular complexity index is 1340. The molecule has 0 aliphatic carbocycles. The van der Waals surface area contributed by atoms with Gasteiger partial charge in [0.1, 0.15) is 5.69 Å². The Morgan fingerprint density at radius 2 is 1.57 bits per heavy atom. The Balaban J connectivity index is 1.65. The third-order valence-corrected chi connectivity index (χ3v) is 5.39. The van der Waals surface area contributed by atoms with Gasteiger partial charge in [-0.1, -0.05) is 43.2 Å². The highest BCUT2D eigenvalue weighted by molar-refractivity contribution is 6.64. The summed E-state index contributed by atoms with van der Waals surface area (Å²) in [5, 5.41) is 46.5. The number of carbonyl (C=O) groups is 1. The predicted molar refractivity (Wildman–Crippen MR) is 137 cm³/mol. The van der Waals surface area contributed by atoms with Gasteiger partial charge in [-0.25, -0.2) is 9.48 Å². The second-order valence-corrected chi connectivity index (χ2v) is 7.89. The molecule has 0 aliphatic rings. The lowest BCUT2D eigenvalue weighted by molar-refractivity contribution is 0.0697. The molecule has 0 bridgehead atoms. The number of benzene rings is 3. The number of carboxylic acid groups (broad SMARTS) is 1. The highest BCUT2D eigenvalue weighted by Gasteiger charge is 2.15. The number of rotatable bonds is 8. The first-order valence-corrected chi connectivity index (χ1v) is 10.8. The third-order valence-electron chi connectivity index (χ3n) is 5.39. The fraction of sp³-hybridized carbons (Fsp3) is 0.0417. The second kappa shape index (κ2) is 10.4. The fourth-order valence-corrected chi connectivity index (χ4v) is 3.42. The van der Waals surface area contributed by atoms with Crippen molar-refractivity contribution in [3.63, 3.8) is 0 Å². The van der Waals surface area contributed by atoms with Crippen LogP contribution in [0.15, 0.2) is 84.1 Å². The molecular weight excluding hydrogens is 446 g/mol. The van der Waals surface area contributed by atoms with E-state index in [2.05, 4.69) is 15.6 Å². The first kappa shape index (κ1) is 24.0. The molecular formula is C24H22B2N4O5. The van der Waals surface area contributed by atoms with Gasteiger partial charge in [0.05, 0.1) is 23.2 Å². The lowest BCUT2D eigenvalue weighted by atomic mass is 9.64. The quantitative estimate of drug-likeness (QED) is 0.149. The molecule has 9 nitrogen and oxygen atoms in total. The first-order chi connectivity index (χ1) is 16.8. The van der Waals surface area contributed by atoms with Crippen LogP contribution in [0.4, 0.5) is 5.69 Å². The molecule has 1 aromatic heterocycles. The van der Waals surface area contributed by atoms with Gasteiger partial charge in [0.2, 0.25) is 0 Å². The SMILES string of the molecule is CB(O)c1ccc(N/N=C/c2cn(-c3ccc(C(=O)O)cc3)nc2-c2ccc(B(O)O)cc2)cc1. The molecule has 174 valence electrons. The minimum atomic E-state index is -1.57. The summed E-state index contributed by atoms with van der Waals surface area (Å²) in [6.45, 7) is 1.15. The lowest BCUT2D eigenvalue weighted by Gasteiger charge is -2.04. The Kier molecular flexibility index (Phi) is 7.11. The molecule has 0 fully saturated rings. The van der Waals surface area contributed by atoms with Gasteiger partial charge in [-0.15, -0.1) is 0 Å². The van der Waals surface area contributed by atoms with E-state index in [0.29, 0.717) is 22.4 Å². The molecule has 5 N–H and O–H groups in total. The molecule has 0 aliphatic heterocycles. The molecule has 0 saturated heterocycles. The number of aromatic nitrogens is 2. The van der Waals surface area contributed by atoms with Gasteiger partial charge in [0.15, 0.2) is 0 Å². The van der Waals surface area contributed by atoms with Gasteiger partial charge in [0.25, 0.3) is 0 Å². The van der Waals surface area contributed by atoms with E-state index in [0.717, 1.165) is 16.7 Å². The van der Waals surface area contributed by atoms with Gasteiger partial charge in [-0.2, -0.15) is 10.2 Å². The maximum atomic E-state index is 11.2. The van der Waals surface area contributed by atoms with Crippen molar-refractivity contribution in [3.05, 3.63) is 90.1 Å². The number of hydrazone groups is 1. The Morgan fingerprint density at radius 1 is 0.943 bits per heavy atom. The van der Waals surface area contributed by atoms with Gasteiger partial charge < -0.3 is 20.2 Å². The number of hydrogen-bond acceptors (Lipinski definition) is 7. The number of nitrogens with zero attached hydrogens (tertiary/aromatic N) is 3. The summed E-state index contributed by atoms with van der Waals surface area (Å²) in [6.07, 6.45) is 3.38. The molecule has 0 radical (unpaired) electrons. The summed E-state index contributed by atoms with van der Waals surface area (Å²) < 4.78 is 1.62. The van der Waals surface area contributed by atoms with E-state index in [-0.39, 0.29) is 5.56 Å². The third kappa shape index (κ3) is 5.67. The average molecular weight is 468 g/mol. The Labute approximate surface area is 202 Å². The minimum Gasteiger partial charge on any atom is -0.478 e. The topological polar surface area (TPSA) is 140 Å². The normalized spacial score (nSPS) is 11.0. The average Bonchev–Trinajstić information content (AvgIpc) is 3.28. The Morgan fingerprint density at radius 3 is 2.14 bits per heavy atom. The van der Waals surface area contributed by atoms with Crippen molar-refractivity contribution in [3.8, 4) is 16.9 Å². The van der Waals surface area contributed by atoms with Crippen molar-refractivity contribution < 1.29 is 25.0 Å². The minimum absolute atomic E-state index is 0.173. The molecule has 0 spiro atoms. The van der Waals surface area contributed by atoms with E-state index in [4.69, 9.17) is 5.11 Å². The van der Waals surface area contributed by atoms with Crippen LogP contribution in [0.1, 0.15) is 15.9 Å². The predicted octanol–water partition coefficient (Wildman–Crippen LogP) is 1.18. The van der Waals surface area contributed by atoms with E-state index in [1.165, 1.54) is 12.1 Å². The second-order valence-electron chi connectivity index (χ2n) is 7.89. The molecule has 4 rings (SSSR count). The zero-order chi connectivity index (χ0) is 24.9. The van der Waals surface area contributed by atoms with Crippen LogP contribution in [0.5, 0.6) is 0 Å². The van der Waals surface area contributed by atoms with E-state index < -0.39 is 20.0 Å². The van der Waals surface area contributed by atoms with Crippen molar-refractivity contribution in [2.75, 3.05) is 5.43 Å². The summed E-state index contributed by atoms with van der Waals surface area (Å²) in [5.74, 6) is -1.01. The maximum Gasteiger partial charge on any atom is 0.488 e. The highest BCUT2D eigenvalue weighted by atomic mass is 16.4. The van der Waals surface area contributed by atoms with Crippen LogP contribution in [-0.4, -0.2) is 56.2 Å². The number of nitrogens with one attached hydrogen (secondary N) is 1. The molecule has 4 aromatic rings. The lowest BCUT2D eigenvalue weighted by Crippen LogP contribution is -2.29. The molecule has 1 heterocycles. The Hall–Kier alpha value is -4.18. The van der Waals surface area contributed by atoms with Crippen molar-refractivity contribution >= 4 is 42.8 Å². The van der Waals surface area contributed by atoms with E-state index in [1.807, 2.05) is 24.3 Å². The van der Waals surface area contributed by atoms with Gasteiger partial charge in [0, 0.05) is 17.3 Å². The summed E-state index contributed by atoms with van der Waals surface area (Å²) in [6, 6.07) is 20.2. The van der Waals surface area contributed by atoms with Crippen LogP contribution in [-0.2, 0) is 0 Å². The van der Waals surface area contributed by atoms with Crippen molar-refractivity contribution in [2.24, 2.45) is 5.10 Å². The molecule has 11 heteroatoms. The number of carboxylic acids is 1. The van der Waals surface area contributed by atoms with Gasteiger partial charge >= 0.3 is 20.0 Å². The molecule has 0 amide bonds. The van der Waals surface area contributed by atoms with Crippen LogP contribution in [0.2, 0.25) is 6.82 Å². The summed E-state index contributed by atoms with van der Waals surface area (Å²) in [4.78, 5) is 11.2. The van der Waals surface area contributed by atoms with E-state index >= 15 is 0 Å². The van der Waals surface area contributed by atoms with Crippen LogP contribution in [0, 0.1) is 0 Å². The molecule has 3 aromatic carbocycles. The van der Waals surface area contributed by atoms with Crippen molar-refractivity contribution in [1.82, 2.24) is 9.78 Å². The number of aromatic carboxylic acids is 1. The van der Waals surface area contributed by atoms with Crippen LogP contribution in [0.25, 0.3) is 16.9 Å². The number of hydrogen-bond donors (Lipinski definition) is 5. The monoisotopic (exact) mass is 468 g/mol. The van der Waals surface area contributed by atoms with Crippen molar-refractivity contribution in [2.45, 2.75) is 6.82 Å². The highest BCUT2D eigenvalue weighted by Crippen LogP contribution is 2.22. The zero-order valence-electron chi connectivity index (χ0n) is 18.8. The summed E-state index contributed by atoms with van der Waals surface area (Å²) >= 11 is 0.